The Morgan fingerprint density at radius 1 is 0.304 bits per heavy atom. The van der Waals surface area contributed by atoms with Gasteiger partial charge in [-0.25, -0.2) is 0 Å². The standard InChI is InChI=1S/C42H40B12N2/c43-22-9-5-4-8-19(22)17-10-11-30(23(44)12-17)56-41-27(48)14-21(36(52)32(41)34-38(54)25(46)16-29(50)42(34)56)20-13-26(47)39-31(35(20)51)33-37(53)24(45)15-28(49)40(33)55(39)18-6-2-1-3-7-18/h1-16H,43-54H2. The fraction of sp³-hybridized carbons (Fsp3) is 0. The second-order valence-electron chi connectivity index (χ2n) is 16.7. The van der Waals surface area contributed by atoms with Gasteiger partial charge in [-0.15, -0.1) is 0 Å². The van der Waals surface area contributed by atoms with E-state index < -0.39 is 0 Å². The Balaban J connectivity index is 1.38. The van der Waals surface area contributed by atoms with Gasteiger partial charge in [0.1, 0.15) is 94.2 Å². The molecule has 254 valence electrons. The van der Waals surface area contributed by atoms with Gasteiger partial charge in [-0.05, 0) is 51.2 Å². The van der Waals surface area contributed by atoms with Crippen LogP contribution in [0.2, 0.25) is 0 Å². The molecule has 0 amide bonds. The third-order valence-electron chi connectivity index (χ3n) is 13.1. The molecule has 0 spiro atoms. The summed E-state index contributed by atoms with van der Waals surface area (Å²) in [6.45, 7) is 0. The average Bonchev–Trinajstić information content (AvgIpc) is 3.74. The third kappa shape index (κ3) is 5.20. The van der Waals surface area contributed by atoms with E-state index in [2.05, 4.69) is 200 Å². The summed E-state index contributed by atoms with van der Waals surface area (Å²) < 4.78 is 5.11. The fourth-order valence-corrected chi connectivity index (χ4v) is 10.2. The monoisotopic (exact) mass is 704 g/mol. The van der Waals surface area contributed by atoms with Crippen LogP contribution in [0.1, 0.15) is 0 Å². The Hall–Kier alpha value is -5.08. The minimum absolute atomic E-state index is 1.21. The number of para-hydroxylation sites is 1. The second kappa shape index (κ2) is 13.3. The predicted octanol–water partition coefficient (Wildman–Crippen LogP) is -9.68. The summed E-state index contributed by atoms with van der Waals surface area (Å²) in [6.07, 6.45) is 0. The fourth-order valence-electron chi connectivity index (χ4n) is 10.2. The highest BCUT2D eigenvalue weighted by Gasteiger charge is 2.26. The van der Waals surface area contributed by atoms with Gasteiger partial charge in [-0.1, -0.05) is 144 Å². The lowest BCUT2D eigenvalue weighted by atomic mass is 9.70. The summed E-state index contributed by atoms with van der Waals surface area (Å²) in [5.41, 5.74) is 28.8. The Morgan fingerprint density at radius 3 is 1.25 bits per heavy atom. The van der Waals surface area contributed by atoms with Crippen molar-refractivity contribution in [1.29, 1.82) is 0 Å². The van der Waals surface area contributed by atoms with Gasteiger partial charge in [0.05, 0.1) is 0 Å². The number of benzene rings is 7. The van der Waals surface area contributed by atoms with Crippen LogP contribution in [0, 0.1) is 0 Å². The molecule has 0 aliphatic rings. The summed E-state index contributed by atoms with van der Waals surface area (Å²) in [5, 5.41) is 5.49. The molecule has 0 unspecified atom stereocenters. The zero-order valence-corrected chi connectivity index (χ0v) is 35.1. The molecule has 0 atom stereocenters. The zero-order chi connectivity index (χ0) is 39.5. The largest absolute Gasteiger partial charge is 0.311 e. The maximum Gasteiger partial charge on any atom is 0.142 e. The van der Waals surface area contributed by atoms with Crippen molar-refractivity contribution in [2.75, 3.05) is 0 Å². The predicted molar refractivity (Wildman–Crippen MR) is 284 cm³/mol. The first kappa shape index (κ1) is 36.6. The van der Waals surface area contributed by atoms with Crippen LogP contribution < -0.4 is 65.6 Å². The smallest absolute Gasteiger partial charge is 0.142 e. The normalized spacial score (nSPS) is 11.7. The van der Waals surface area contributed by atoms with Gasteiger partial charge < -0.3 is 9.13 Å². The lowest BCUT2D eigenvalue weighted by Gasteiger charge is -2.19. The van der Waals surface area contributed by atoms with Crippen molar-refractivity contribution in [3.63, 3.8) is 0 Å². The number of nitrogens with zero attached hydrogens (tertiary/aromatic N) is 2. The number of hydrogen-bond acceptors (Lipinski definition) is 0. The number of rotatable bonds is 4. The third-order valence-corrected chi connectivity index (χ3v) is 13.1. The lowest BCUT2D eigenvalue weighted by molar-refractivity contribution is 1.19. The SMILES string of the molecule is Bc1ccccc1-c1ccc(-n2c3c(B)cc(B)c(B)c3c3c(B)c(-c4cc(B)c5c(c4B)c4c(B)c(B)cc(B)c4n5-c4ccccc4)cc(B)c32)c(B)c1. The molecule has 9 rings (SSSR count). The number of fused-ring (bicyclic) bond motifs is 6. The van der Waals surface area contributed by atoms with E-state index in [1.165, 1.54) is 143 Å². The van der Waals surface area contributed by atoms with Gasteiger partial charge in [0.25, 0.3) is 0 Å². The summed E-state index contributed by atoms with van der Waals surface area (Å²) in [6, 6.07) is 36.4. The molecular weight excluding hydrogens is 662 g/mol. The molecule has 2 heterocycles. The van der Waals surface area contributed by atoms with Crippen LogP contribution >= 0.6 is 0 Å². The van der Waals surface area contributed by atoms with Crippen molar-refractivity contribution in [3.8, 4) is 33.6 Å². The highest BCUT2D eigenvalue weighted by molar-refractivity contribution is 6.63. The summed E-state index contributed by atoms with van der Waals surface area (Å²) in [7, 11) is 27.6. The molecule has 14 heteroatoms. The van der Waals surface area contributed by atoms with E-state index >= 15 is 0 Å². The molecule has 0 aliphatic carbocycles. The molecule has 2 aromatic heterocycles. The molecule has 7 aromatic carbocycles. The van der Waals surface area contributed by atoms with E-state index in [0.29, 0.717) is 0 Å². The molecule has 0 saturated heterocycles. The van der Waals surface area contributed by atoms with E-state index in [-0.39, 0.29) is 0 Å². The van der Waals surface area contributed by atoms with Crippen molar-refractivity contribution in [2.24, 2.45) is 0 Å². The molecule has 9 aromatic rings. The highest BCUT2D eigenvalue weighted by Crippen LogP contribution is 2.33. The highest BCUT2D eigenvalue weighted by atomic mass is 15.0. The van der Waals surface area contributed by atoms with E-state index in [1.807, 2.05) is 0 Å². The molecule has 2 nitrogen and oxygen atoms in total. The lowest BCUT2D eigenvalue weighted by Crippen LogP contribution is -2.32. The van der Waals surface area contributed by atoms with Crippen LogP contribution in [-0.2, 0) is 0 Å². The van der Waals surface area contributed by atoms with Crippen molar-refractivity contribution >= 4 is 203 Å². The van der Waals surface area contributed by atoms with Crippen LogP contribution in [0.3, 0.4) is 0 Å². The van der Waals surface area contributed by atoms with Gasteiger partial charge in [0.15, 0.2) is 0 Å². The zero-order valence-electron chi connectivity index (χ0n) is 35.1. The van der Waals surface area contributed by atoms with Crippen molar-refractivity contribution in [3.05, 3.63) is 97.1 Å². The molecular formula is C42H40B12N2. The summed E-state index contributed by atoms with van der Waals surface area (Å²) in [5.74, 6) is 0. The molecule has 0 N–H and O–H groups in total. The summed E-state index contributed by atoms with van der Waals surface area (Å²) in [4.78, 5) is 0. The number of hydrogen-bond donors (Lipinski definition) is 0. The Bertz CT molecular complexity index is 3170. The van der Waals surface area contributed by atoms with Crippen molar-refractivity contribution < 1.29 is 0 Å². The Labute approximate surface area is 341 Å². The number of aromatic nitrogens is 2. The summed E-state index contributed by atoms with van der Waals surface area (Å²) >= 11 is 0. The first-order chi connectivity index (χ1) is 26.8. The second-order valence-corrected chi connectivity index (χ2v) is 16.7. The topological polar surface area (TPSA) is 9.86 Å². The van der Waals surface area contributed by atoms with Gasteiger partial charge in [0, 0.05) is 44.2 Å². The van der Waals surface area contributed by atoms with Crippen LogP contribution in [0.15, 0.2) is 97.1 Å². The first-order valence-electron chi connectivity index (χ1n) is 20.1. The molecule has 0 fully saturated rings. The van der Waals surface area contributed by atoms with E-state index in [9.17, 15) is 0 Å². The van der Waals surface area contributed by atoms with Crippen LogP contribution in [0.25, 0.3) is 77.2 Å². The van der Waals surface area contributed by atoms with Crippen LogP contribution in [-0.4, -0.2) is 103 Å². The Kier molecular flexibility index (Phi) is 8.65. The molecule has 0 bridgehead atoms. The average molecular weight is 703 g/mol. The van der Waals surface area contributed by atoms with Gasteiger partial charge in [-0.2, -0.15) is 0 Å². The quantitative estimate of drug-likeness (QED) is 0.162. The van der Waals surface area contributed by atoms with Crippen LogP contribution in [0.4, 0.5) is 0 Å². The molecule has 0 aliphatic heterocycles. The van der Waals surface area contributed by atoms with Crippen molar-refractivity contribution in [2.45, 2.75) is 0 Å². The van der Waals surface area contributed by atoms with E-state index in [4.69, 9.17) is 0 Å². The maximum absolute atomic E-state index is 2.58. The maximum atomic E-state index is 2.58. The van der Waals surface area contributed by atoms with E-state index in [0.717, 1.165) is 0 Å². The first-order valence-corrected chi connectivity index (χ1v) is 20.1. The Morgan fingerprint density at radius 2 is 0.750 bits per heavy atom. The molecule has 0 radical (unpaired) electrons. The minimum atomic E-state index is 1.21. The van der Waals surface area contributed by atoms with Crippen LogP contribution in [0.5, 0.6) is 0 Å². The van der Waals surface area contributed by atoms with Gasteiger partial charge >= 0.3 is 0 Å². The molecule has 56 heavy (non-hydrogen) atoms. The minimum Gasteiger partial charge on any atom is -0.311 e. The van der Waals surface area contributed by atoms with Crippen molar-refractivity contribution in [1.82, 2.24) is 9.13 Å². The van der Waals surface area contributed by atoms with Gasteiger partial charge in [-0.3, -0.25) is 0 Å². The van der Waals surface area contributed by atoms with E-state index in [1.54, 1.807) is 0 Å². The molecule has 0 saturated carbocycles. The van der Waals surface area contributed by atoms with Gasteiger partial charge in [0.2, 0.25) is 0 Å².